The van der Waals surface area contributed by atoms with Crippen molar-refractivity contribution in [3.63, 3.8) is 0 Å². The number of nitrogens with one attached hydrogen (secondary N) is 1. The van der Waals surface area contributed by atoms with Crippen LogP contribution in [-0.2, 0) is 6.54 Å². The van der Waals surface area contributed by atoms with Crippen LogP contribution >= 0.6 is 15.9 Å². The van der Waals surface area contributed by atoms with Crippen molar-refractivity contribution in [3.05, 3.63) is 63.9 Å². The fraction of sp³-hybridized carbons (Fsp3) is 0.0714. The minimum absolute atomic E-state index is 0.247. The molecule has 19 heavy (non-hydrogen) atoms. The van der Waals surface area contributed by atoms with Gasteiger partial charge in [0.2, 0.25) is 0 Å². The fourth-order valence-corrected chi connectivity index (χ4v) is 1.86. The first-order valence-electron chi connectivity index (χ1n) is 5.64. The largest absolute Gasteiger partial charge is 0.398 e. The molecular weight excluding hydrogens is 311 g/mol. The van der Waals surface area contributed by atoms with E-state index >= 15 is 0 Å². The second-order valence-electron chi connectivity index (χ2n) is 4.05. The van der Waals surface area contributed by atoms with Gasteiger partial charge >= 0.3 is 0 Å². The number of anilines is 1. The summed E-state index contributed by atoms with van der Waals surface area (Å²) in [6, 6.07) is 11.1. The smallest absolute Gasteiger partial charge is 0.251 e. The lowest BCUT2D eigenvalue weighted by molar-refractivity contribution is 0.0951. The number of nitrogens with two attached hydrogens (primary N) is 1. The zero-order valence-electron chi connectivity index (χ0n) is 9.99. The number of hydrogen-bond acceptors (Lipinski definition) is 2. The van der Waals surface area contributed by atoms with Crippen LogP contribution < -0.4 is 11.1 Å². The molecule has 0 aliphatic carbocycles. The van der Waals surface area contributed by atoms with Crippen LogP contribution in [0.3, 0.4) is 0 Å². The van der Waals surface area contributed by atoms with Gasteiger partial charge in [-0.2, -0.15) is 0 Å². The lowest BCUT2D eigenvalue weighted by Crippen LogP contribution is -2.22. The van der Waals surface area contributed by atoms with Gasteiger partial charge in [0, 0.05) is 22.3 Å². The molecular formula is C14H12BrFN2O. The summed E-state index contributed by atoms with van der Waals surface area (Å²) in [5, 5.41) is 2.71. The predicted molar refractivity (Wildman–Crippen MR) is 76.1 cm³/mol. The molecule has 0 aromatic heterocycles. The van der Waals surface area contributed by atoms with Crippen molar-refractivity contribution in [1.82, 2.24) is 5.32 Å². The van der Waals surface area contributed by atoms with Crippen LogP contribution in [0.2, 0.25) is 0 Å². The SMILES string of the molecule is Nc1cc(C(=O)NCc2cccc(F)c2)ccc1Br. The number of rotatable bonds is 3. The molecule has 5 heteroatoms. The van der Waals surface area contributed by atoms with Gasteiger partial charge in [-0.05, 0) is 51.8 Å². The van der Waals surface area contributed by atoms with Gasteiger partial charge in [-0.15, -0.1) is 0 Å². The number of carbonyl (C=O) groups excluding carboxylic acids is 1. The Labute approximate surface area is 118 Å². The number of halogens is 2. The number of amides is 1. The van der Waals surface area contributed by atoms with E-state index in [-0.39, 0.29) is 18.3 Å². The summed E-state index contributed by atoms with van der Waals surface area (Å²) in [4.78, 5) is 11.9. The Bertz CT molecular complexity index is 616. The maximum Gasteiger partial charge on any atom is 0.251 e. The van der Waals surface area contributed by atoms with Gasteiger partial charge in [-0.1, -0.05) is 12.1 Å². The van der Waals surface area contributed by atoms with Crippen LogP contribution in [0, 0.1) is 5.82 Å². The minimum atomic E-state index is -0.320. The Balaban J connectivity index is 2.03. The van der Waals surface area contributed by atoms with Crippen molar-refractivity contribution in [2.75, 3.05) is 5.73 Å². The Hall–Kier alpha value is -1.88. The van der Waals surface area contributed by atoms with Crippen LogP contribution in [0.25, 0.3) is 0 Å². The van der Waals surface area contributed by atoms with Gasteiger partial charge in [0.25, 0.3) is 5.91 Å². The monoisotopic (exact) mass is 322 g/mol. The molecule has 0 aliphatic rings. The van der Waals surface area contributed by atoms with Gasteiger partial charge in [-0.3, -0.25) is 4.79 Å². The van der Waals surface area contributed by atoms with Gasteiger partial charge in [0.1, 0.15) is 5.82 Å². The van der Waals surface area contributed by atoms with E-state index in [0.717, 1.165) is 4.47 Å². The van der Waals surface area contributed by atoms with E-state index in [0.29, 0.717) is 16.8 Å². The van der Waals surface area contributed by atoms with Crippen molar-refractivity contribution in [3.8, 4) is 0 Å². The Morgan fingerprint density at radius 2 is 2.05 bits per heavy atom. The van der Waals surface area contributed by atoms with Crippen LogP contribution in [0.15, 0.2) is 46.9 Å². The number of benzene rings is 2. The quantitative estimate of drug-likeness (QED) is 0.853. The third-order valence-corrected chi connectivity index (χ3v) is 3.32. The Kier molecular flexibility index (Phi) is 4.16. The highest BCUT2D eigenvalue weighted by Gasteiger charge is 2.07. The zero-order valence-corrected chi connectivity index (χ0v) is 11.6. The average Bonchev–Trinajstić information content (AvgIpc) is 2.39. The first-order chi connectivity index (χ1) is 9.06. The van der Waals surface area contributed by atoms with Gasteiger partial charge in [0.15, 0.2) is 0 Å². The zero-order chi connectivity index (χ0) is 13.8. The van der Waals surface area contributed by atoms with Crippen LogP contribution in [0.4, 0.5) is 10.1 Å². The summed E-state index contributed by atoms with van der Waals surface area (Å²) >= 11 is 3.26. The van der Waals surface area contributed by atoms with Gasteiger partial charge < -0.3 is 11.1 Å². The molecule has 0 atom stereocenters. The van der Waals surface area contributed by atoms with E-state index in [1.807, 2.05) is 0 Å². The lowest BCUT2D eigenvalue weighted by atomic mass is 10.1. The molecule has 2 aromatic rings. The van der Waals surface area contributed by atoms with Crippen molar-refractivity contribution in [1.29, 1.82) is 0 Å². The van der Waals surface area contributed by atoms with E-state index < -0.39 is 0 Å². The number of nitrogen functional groups attached to an aromatic ring is 1. The third kappa shape index (κ3) is 3.54. The molecule has 0 saturated carbocycles. The summed E-state index contributed by atoms with van der Waals surface area (Å²) in [7, 11) is 0. The summed E-state index contributed by atoms with van der Waals surface area (Å²) in [6.07, 6.45) is 0. The molecule has 3 nitrogen and oxygen atoms in total. The standard InChI is InChI=1S/C14H12BrFN2O/c15-12-5-4-10(7-13(12)17)14(19)18-8-9-2-1-3-11(16)6-9/h1-7H,8,17H2,(H,18,19). The van der Waals surface area contributed by atoms with Crippen molar-refractivity contribution in [2.45, 2.75) is 6.54 Å². The van der Waals surface area contributed by atoms with E-state index in [1.165, 1.54) is 12.1 Å². The van der Waals surface area contributed by atoms with Gasteiger partial charge in [-0.25, -0.2) is 4.39 Å². The number of hydrogen-bond donors (Lipinski definition) is 2. The van der Waals surface area contributed by atoms with Crippen molar-refractivity contribution >= 4 is 27.5 Å². The molecule has 3 N–H and O–H groups in total. The minimum Gasteiger partial charge on any atom is -0.398 e. The Morgan fingerprint density at radius 3 is 2.74 bits per heavy atom. The van der Waals surface area contributed by atoms with Crippen LogP contribution in [0.5, 0.6) is 0 Å². The second kappa shape index (κ2) is 5.84. The summed E-state index contributed by atoms with van der Waals surface area (Å²) < 4.78 is 13.7. The summed E-state index contributed by atoms with van der Waals surface area (Å²) in [5.74, 6) is -0.567. The molecule has 2 rings (SSSR count). The summed E-state index contributed by atoms with van der Waals surface area (Å²) in [5.41, 5.74) is 7.38. The van der Waals surface area contributed by atoms with Crippen molar-refractivity contribution in [2.24, 2.45) is 0 Å². The Morgan fingerprint density at radius 1 is 1.26 bits per heavy atom. The molecule has 1 amide bonds. The molecule has 0 bridgehead atoms. The lowest BCUT2D eigenvalue weighted by Gasteiger charge is -2.07. The van der Waals surface area contributed by atoms with E-state index in [4.69, 9.17) is 5.73 Å². The molecule has 0 spiro atoms. The molecule has 0 heterocycles. The van der Waals surface area contributed by atoms with E-state index in [9.17, 15) is 9.18 Å². The number of carbonyl (C=O) groups is 1. The molecule has 0 unspecified atom stereocenters. The van der Waals surface area contributed by atoms with Gasteiger partial charge in [0.05, 0.1) is 0 Å². The molecule has 0 radical (unpaired) electrons. The highest BCUT2D eigenvalue weighted by Crippen LogP contribution is 2.20. The normalized spacial score (nSPS) is 10.2. The first kappa shape index (κ1) is 13.5. The molecule has 0 aliphatic heterocycles. The average molecular weight is 323 g/mol. The molecule has 98 valence electrons. The fourth-order valence-electron chi connectivity index (χ4n) is 1.62. The second-order valence-corrected chi connectivity index (χ2v) is 4.90. The maximum atomic E-state index is 13.0. The molecule has 0 saturated heterocycles. The van der Waals surface area contributed by atoms with E-state index in [2.05, 4.69) is 21.2 Å². The maximum absolute atomic E-state index is 13.0. The molecule has 0 fully saturated rings. The highest BCUT2D eigenvalue weighted by molar-refractivity contribution is 9.10. The van der Waals surface area contributed by atoms with E-state index in [1.54, 1.807) is 30.3 Å². The van der Waals surface area contributed by atoms with Crippen LogP contribution in [0.1, 0.15) is 15.9 Å². The summed E-state index contributed by atoms with van der Waals surface area (Å²) in [6.45, 7) is 0.270. The predicted octanol–water partition coefficient (Wildman–Crippen LogP) is 3.10. The topological polar surface area (TPSA) is 55.1 Å². The highest BCUT2D eigenvalue weighted by atomic mass is 79.9. The van der Waals surface area contributed by atoms with Crippen molar-refractivity contribution < 1.29 is 9.18 Å². The first-order valence-corrected chi connectivity index (χ1v) is 6.43. The third-order valence-electron chi connectivity index (χ3n) is 2.60. The molecule has 2 aromatic carbocycles. The van der Waals surface area contributed by atoms with Crippen LogP contribution in [-0.4, -0.2) is 5.91 Å².